The van der Waals surface area contributed by atoms with Gasteiger partial charge in [0.15, 0.2) is 0 Å². The molecule has 2 unspecified atom stereocenters. The van der Waals surface area contributed by atoms with E-state index in [0.717, 1.165) is 101 Å². The lowest BCUT2D eigenvalue weighted by atomic mass is 9.82. The van der Waals surface area contributed by atoms with Crippen LogP contribution in [0, 0.1) is 0 Å². The highest BCUT2D eigenvalue weighted by Crippen LogP contribution is 2.56. The van der Waals surface area contributed by atoms with Gasteiger partial charge in [0, 0.05) is 56.4 Å². The fraction of sp³-hybridized carbons (Fsp3) is 0.0323. The number of rotatable bonds is 9. The summed E-state index contributed by atoms with van der Waals surface area (Å²) in [6.45, 7) is 0. The van der Waals surface area contributed by atoms with Gasteiger partial charge >= 0.3 is 0 Å². The Hall–Kier alpha value is -8.28. The predicted octanol–water partition coefficient (Wildman–Crippen LogP) is 14.8. The van der Waals surface area contributed by atoms with Crippen molar-refractivity contribution in [3.8, 4) is 33.4 Å². The molecule has 0 amide bonds. The normalized spacial score (nSPS) is 16.5. The van der Waals surface area contributed by atoms with E-state index in [1.54, 1.807) is 0 Å². The third-order valence-electron chi connectivity index (χ3n) is 13.5. The van der Waals surface area contributed by atoms with Crippen LogP contribution >= 0.6 is 0 Å². The quantitative estimate of drug-likeness (QED) is 0.152. The van der Waals surface area contributed by atoms with Crippen LogP contribution in [-0.4, -0.2) is 10.2 Å². The SMILES string of the molecule is OC1(c2ccccc2)c2cc(-c3ccc4c(c3)C(O)(c3ccccc3)c3cc(N(c5ccccc5)c5ccccc5)ccc3-4)ccc2-c2ccc(N(c3ccccc3)c3ccccc3)cc21. The molecule has 0 radical (unpaired) electrons. The molecule has 10 aromatic rings. The third-order valence-corrected chi connectivity index (χ3v) is 13.5. The number of anilines is 6. The Balaban J connectivity index is 0.993. The summed E-state index contributed by atoms with van der Waals surface area (Å²) in [5, 5.41) is 26.9. The number of hydrogen-bond donors (Lipinski definition) is 2. The van der Waals surface area contributed by atoms with Gasteiger partial charge in [0.05, 0.1) is 0 Å². The van der Waals surface area contributed by atoms with Crippen molar-refractivity contribution < 1.29 is 10.2 Å². The summed E-state index contributed by atoms with van der Waals surface area (Å²) in [5.41, 5.74) is 13.8. The summed E-state index contributed by atoms with van der Waals surface area (Å²) in [5.74, 6) is 0. The van der Waals surface area contributed by atoms with Crippen LogP contribution in [0.3, 0.4) is 0 Å². The van der Waals surface area contributed by atoms with Gasteiger partial charge in [-0.2, -0.15) is 0 Å². The molecular weight excluding hydrogens is 805 g/mol. The fourth-order valence-corrected chi connectivity index (χ4v) is 10.4. The number of aliphatic hydroxyl groups is 2. The fourth-order valence-electron chi connectivity index (χ4n) is 10.4. The second-order valence-corrected chi connectivity index (χ2v) is 17.1. The molecule has 2 N–H and O–H groups in total. The molecule has 12 rings (SSSR count). The Morgan fingerprint density at radius 3 is 0.803 bits per heavy atom. The molecule has 10 aromatic carbocycles. The summed E-state index contributed by atoms with van der Waals surface area (Å²) in [4.78, 5) is 4.47. The number of fused-ring (bicyclic) bond motifs is 6. The van der Waals surface area contributed by atoms with Crippen LogP contribution in [0.1, 0.15) is 33.4 Å². The Morgan fingerprint density at radius 2 is 0.500 bits per heavy atom. The first-order chi connectivity index (χ1) is 32.5. The van der Waals surface area contributed by atoms with Gasteiger partial charge in [0.25, 0.3) is 0 Å². The van der Waals surface area contributed by atoms with Crippen LogP contribution in [-0.2, 0) is 11.2 Å². The lowest BCUT2D eigenvalue weighted by molar-refractivity contribution is 0.130. The minimum atomic E-state index is -1.45. The summed E-state index contributed by atoms with van der Waals surface area (Å²) in [6, 6.07) is 87.3. The monoisotopic (exact) mass is 848 g/mol. The zero-order valence-corrected chi connectivity index (χ0v) is 36.0. The molecule has 2 aliphatic carbocycles. The van der Waals surface area contributed by atoms with E-state index in [4.69, 9.17) is 0 Å². The van der Waals surface area contributed by atoms with Crippen molar-refractivity contribution in [3.63, 3.8) is 0 Å². The molecule has 0 saturated carbocycles. The lowest BCUT2D eigenvalue weighted by Crippen LogP contribution is -2.26. The maximum Gasteiger partial charge on any atom is 0.141 e. The van der Waals surface area contributed by atoms with Crippen molar-refractivity contribution >= 4 is 34.1 Å². The molecular formula is C62H44N2O2. The largest absolute Gasteiger partial charge is 0.376 e. The van der Waals surface area contributed by atoms with Crippen LogP contribution in [0.4, 0.5) is 34.1 Å². The average molecular weight is 849 g/mol. The van der Waals surface area contributed by atoms with Crippen molar-refractivity contribution in [3.05, 3.63) is 288 Å². The predicted molar refractivity (Wildman–Crippen MR) is 269 cm³/mol. The zero-order chi connectivity index (χ0) is 44.2. The van der Waals surface area contributed by atoms with E-state index < -0.39 is 11.2 Å². The Bertz CT molecular complexity index is 3070. The summed E-state index contributed by atoms with van der Waals surface area (Å²) >= 11 is 0. The zero-order valence-electron chi connectivity index (χ0n) is 36.0. The van der Waals surface area contributed by atoms with E-state index in [1.165, 1.54) is 0 Å². The first-order valence-corrected chi connectivity index (χ1v) is 22.5. The minimum absolute atomic E-state index is 0.795. The number of para-hydroxylation sites is 4. The Kier molecular flexibility index (Phi) is 9.39. The van der Waals surface area contributed by atoms with Crippen molar-refractivity contribution in [2.75, 3.05) is 9.80 Å². The van der Waals surface area contributed by atoms with Crippen LogP contribution in [0.15, 0.2) is 255 Å². The maximum absolute atomic E-state index is 13.5. The van der Waals surface area contributed by atoms with Crippen LogP contribution < -0.4 is 9.80 Å². The molecule has 4 nitrogen and oxygen atoms in total. The third kappa shape index (κ3) is 6.22. The highest BCUT2D eigenvalue weighted by atomic mass is 16.3. The number of benzene rings is 10. The van der Waals surface area contributed by atoms with Gasteiger partial charge in [0.1, 0.15) is 11.2 Å². The second kappa shape index (κ2) is 15.8. The second-order valence-electron chi connectivity index (χ2n) is 17.1. The average Bonchev–Trinajstić information content (AvgIpc) is 3.80. The summed E-state index contributed by atoms with van der Waals surface area (Å²) < 4.78 is 0. The molecule has 0 fully saturated rings. The maximum atomic E-state index is 13.5. The van der Waals surface area contributed by atoms with E-state index in [1.807, 2.05) is 84.9 Å². The summed E-state index contributed by atoms with van der Waals surface area (Å²) in [6.07, 6.45) is 0. The molecule has 2 aliphatic rings. The standard InChI is InChI=1S/C62H44N2O2/c65-61(45-19-7-1-8-20-45)57-39-43(31-35-53(57)55-37-33-51(41-59(55)61)63(47-23-11-3-12-24-47)48-25-13-4-14-26-48)44-32-36-54-56-38-34-52(64(49-27-15-5-16-28-49)50-29-17-6-18-30-50)42-60(56)62(66,58(54)40-44)46-21-9-2-10-22-46/h1-42,65-66H. The van der Waals surface area contributed by atoms with E-state index in [2.05, 4.69) is 180 Å². The van der Waals surface area contributed by atoms with Gasteiger partial charge in [-0.3, -0.25) is 0 Å². The Labute approximate surface area is 385 Å². The number of nitrogens with zero attached hydrogens (tertiary/aromatic N) is 2. The molecule has 0 spiro atoms. The van der Waals surface area contributed by atoms with Crippen LogP contribution in [0.2, 0.25) is 0 Å². The first-order valence-electron chi connectivity index (χ1n) is 22.5. The highest BCUT2D eigenvalue weighted by Gasteiger charge is 2.46. The highest BCUT2D eigenvalue weighted by molar-refractivity contribution is 5.91. The molecule has 0 saturated heterocycles. The van der Waals surface area contributed by atoms with E-state index >= 15 is 0 Å². The van der Waals surface area contributed by atoms with Crippen molar-refractivity contribution in [2.45, 2.75) is 11.2 Å². The topological polar surface area (TPSA) is 46.9 Å². The molecule has 66 heavy (non-hydrogen) atoms. The minimum Gasteiger partial charge on any atom is -0.376 e. The van der Waals surface area contributed by atoms with Crippen molar-refractivity contribution in [2.24, 2.45) is 0 Å². The van der Waals surface area contributed by atoms with Gasteiger partial charge in [0.2, 0.25) is 0 Å². The van der Waals surface area contributed by atoms with Gasteiger partial charge in [-0.25, -0.2) is 0 Å². The van der Waals surface area contributed by atoms with Crippen molar-refractivity contribution in [1.82, 2.24) is 0 Å². The van der Waals surface area contributed by atoms with E-state index in [-0.39, 0.29) is 0 Å². The molecule has 0 aromatic heterocycles. The van der Waals surface area contributed by atoms with Gasteiger partial charge in [-0.15, -0.1) is 0 Å². The molecule has 0 bridgehead atoms. The summed E-state index contributed by atoms with van der Waals surface area (Å²) in [7, 11) is 0. The van der Waals surface area contributed by atoms with Crippen LogP contribution in [0.5, 0.6) is 0 Å². The Morgan fingerprint density at radius 1 is 0.242 bits per heavy atom. The van der Waals surface area contributed by atoms with Gasteiger partial charge in [-0.1, -0.05) is 170 Å². The number of hydrogen-bond acceptors (Lipinski definition) is 4. The van der Waals surface area contributed by atoms with E-state index in [0.29, 0.717) is 0 Å². The molecule has 314 valence electrons. The molecule has 0 aliphatic heterocycles. The van der Waals surface area contributed by atoms with Gasteiger partial charge < -0.3 is 20.0 Å². The molecule has 2 atom stereocenters. The lowest BCUT2D eigenvalue weighted by Gasteiger charge is -2.30. The smallest absolute Gasteiger partial charge is 0.141 e. The first kappa shape index (κ1) is 39.3. The van der Waals surface area contributed by atoms with Crippen LogP contribution in [0.25, 0.3) is 33.4 Å². The molecule has 0 heterocycles. The van der Waals surface area contributed by atoms with Gasteiger partial charge in [-0.05, 0) is 129 Å². The molecule has 4 heteroatoms. The van der Waals surface area contributed by atoms with E-state index in [9.17, 15) is 10.2 Å². The van der Waals surface area contributed by atoms with Crippen molar-refractivity contribution in [1.29, 1.82) is 0 Å².